The lowest BCUT2D eigenvalue weighted by molar-refractivity contribution is -0.270. The van der Waals surface area contributed by atoms with Crippen molar-refractivity contribution < 1.29 is 62.4 Å². The highest BCUT2D eigenvalue weighted by atomic mass is 32.3. The average Bonchev–Trinajstić information content (AvgIpc) is 3.20. The second-order valence-electron chi connectivity index (χ2n) is 16.9. The molecule has 13 nitrogen and oxygen atoms in total. The van der Waals surface area contributed by atoms with Crippen molar-refractivity contribution in [3.8, 4) is 0 Å². The molecule has 5 fully saturated rings. The van der Waals surface area contributed by atoms with Gasteiger partial charge in [0.1, 0.15) is 24.4 Å². The van der Waals surface area contributed by atoms with E-state index in [1.807, 2.05) is 13.8 Å². The van der Waals surface area contributed by atoms with Crippen LogP contribution in [0, 0.1) is 52.3 Å². The second kappa shape index (κ2) is 14.1. The topological polar surface area (TPSA) is 224 Å². The summed E-state index contributed by atoms with van der Waals surface area (Å²) in [5.41, 5.74) is -2.85. The molecule has 5 rings (SSSR count). The van der Waals surface area contributed by atoms with E-state index in [1.54, 1.807) is 0 Å². The molecule has 14 heteroatoms. The summed E-state index contributed by atoms with van der Waals surface area (Å²) >= 11 is 0. The van der Waals surface area contributed by atoms with Gasteiger partial charge in [0.25, 0.3) is 0 Å². The summed E-state index contributed by atoms with van der Waals surface area (Å²) in [5.74, 6) is -1.58. The van der Waals surface area contributed by atoms with Crippen LogP contribution in [0.15, 0.2) is 0 Å². The molecule has 48 heavy (non-hydrogen) atoms. The highest BCUT2D eigenvalue weighted by Crippen LogP contribution is 2.70. The third-order valence-electron chi connectivity index (χ3n) is 13.8. The minimum Gasteiger partial charge on any atom is -0.393 e. The minimum absolute atomic E-state index is 0.0329. The predicted octanol–water partition coefficient (Wildman–Crippen LogP) is 1.39. The lowest BCUT2D eigenvalue weighted by Crippen LogP contribution is -2.69. The maximum absolute atomic E-state index is 12.7. The number of rotatable bonds is 11. The molecule has 0 aromatic carbocycles. The highest BCUT2D eigenvalue weighted by Gasteiger charge is 2.73. The number of aliphatic hydroxyl groups is 7. The molecule has 1 heterocycles. The van der Waals surface area contributed by atoms with Gasteiger partial charge in [0.2, 0.25) is 0 Å². The Bertz CT molecular complexity index is 1220. The van der Waals surface area contributed by atoms with Gasteiger partial charge in [-0.15, -0.1) is 0 Å². The summed E-state index contributed by atoms with van der Waals surface area (Å²) in [5, 5.41) is 76.4. The van der Waals surface area contributed by atoms with E-state index in [2.05, 4.69) is 20.8 Å². The molecule has 4 saturated carbocycles. The first-order valence-corrected chi connectivity index (χ1v) is 19.3. The first-order valence-electron chi connectivity index (χ1n) is 17.9. The van der Waals surface area contributed by atoms with Gasteiger partial charge in [0, 0.05) is 12.3 Å². The van der Waals surface area contributed by atoms with Gasteiger partial charge in [-0.05, 0) is 91.3 Å². The molecule has 1 saturated heterocycles. The van der Waals surface area contributed by atoms with Gasteiger partial charge in [0.15, 0.2) is 6.29 Å². The molecule has 0 aromatic heterocycles. The number of ether oxygens (including phenoxy) is 2. The van der Waals surface area contributed by atoms with E-state index in [9.17, 15) is 48.7 Å². The van der Waals surface area contributed by atoms with Crippen LogP contribution >= 0.6 is 0 Å². The van der Waals surface area contributed by atoms with Crippen molar-refractivity contribution in [2.24, 2.45) is 52.3 Å². The van der Waals surface area contributed by atoms with Crippen molar-refractivity contribution in [3.05, 3.63) is 0 Å². The minimum atomic E-state index is -5.00. The van der Waals surface area contributed by atoms with Crippen LogP contribution in [0.2, 0.25) is 0 Å². The zero-order valence-corrected chi connectivity index (χ0v) is 29.8. The predicted molar refractivity (Wildman–Crippen MR) is 172 cm³/mol. The van der Waals surface area contributed by atoms with Crippen molar-refractivity contribution in [3.63, 3.8) is 0 Å². The summed E-state index contributed by atoms with van der Waals surface area (Å²) in [6, 6.07) is 0. The quantitative estimate of drug-likeness (QED) is 0.142. The van der Waals surface area contributed by atoms with E-state index in [-0.39, 0.29) is 49.2 Å². The molecule has 1 aliphatic heterocycles. The summed E-state index contributed by atoms with van der Waals surface area (Å²) in [4.78, 5) is 0. The van der Waals surface area contributed by atoms with Gasteiger partial charge in [-0.2, -0.15) is 8.42 Å². The molecule has 5 aliphatic rings. The summed E-state index contributed by atoms with van der Waals surface area (Å²) < 4.78 is 50.7. The van der Waals surface area contributed by atoms with Gasteiger partial charge in [-0.3, -0.25) is 4.55 Å². The van der Waals surface area contributed by atoms with Crippen LogP contribution in [0.25, 0.3) is 0 Å². The fourth-order valence-electron chi connectivity index (χ4n) is 11.5. The van der Waals surface area contributed by atoms with Gasteiger partial charge in [-0.1, -0.05) is 41.0 Å². The van der Waals surface area contributed by atoms with Crippen molar-refractivity contribution >= 4 is 10.4 Å². The van der Waals surface area contributed by atoms with Crippen LogP contribution in [-0.2, 0) is 24.1 Å². The Morgan fingerprint density at radius 1 is 0.875 bits per heavy atom. The third kappa shape index (κ3) is 7.00. The molecule has 4 unspecified atom stereocenters. The molecule has 0 aromatic rings. The van der Waals surface area contributed by atoms with Gasteiger partial charge >= 0.3 is 10.4 Å². The average molecular weight is 709 g/mol. The van der Waals surface area contributed by atoms with Gasteiger partial charge < -0.3 is 45.2 Å². The molecule has 17 atom stereocenters. The van der Waals surface area contributed by atoms with Crippen LogP contribution in [-0.4, -0.2) is 117 Å². The fourth-order valence-corrected chi connectivity index (χ4v) is 12.0. The zero-order valence-electron chi connectivity index (χ0n) is 29.0. The number of fused-ring (bicyclic) bond motifs is 5. The number of hydrogen-bond acceptors (Lipinski definition) is 12. The maximum Gasteiger partial charge on any atom is 0.397 e. The number of aliphatic hydroxyl groups excluding tert-OH is 6. The second-order valence-corrected chi connectivity index (χ2v) is 17.9. The summed E-state index contributed by atoms with van der Waals surface area (Å²) in [6.45, 7) is 10.4. The van der Waals surface area contributed by atoms with E-state index in [0.717, 1.165) is 6.42 Å². The Kier molecular flexibility index (Phi) is 11.4. The van der Waals surface area contributed by atoms with Crippen molar-refractivity contribution in [2.45, 2.75) is 147 Å². The van der Waals surface area contributed by atoms with Crippen LogP contribution in [0.3, 0.4) is 0 Å². The first kappa shape index (κ1) is 38.7. The third-order valence-corrected chi connectivity index (χ3v) is 14.3. The summed E-state index contributed by atoms with van der Waals surface area (Å²) in [7, 11) is -5.00. The van der Waals surface area contributed by atoms with Crippen LogP contribution in [0.1, 0.15) is 92.4 Å². The molecule has 4 aliphatic carbocycles. The Hall–Kier alpha value is -0.490. The van der Waals surface area contributed by atoms with Gasteiger partial charge in [0.05, 0.1) is 37.1 Å². The molecule has 0 amide bonds. The summed E-state index contributed by atoms with van der Waals surface area (Å²) in [6.07, 6.45) is -4.32. The molecule has 0 spiro atoms. The Morgan fingerprint density at radius 2 is 1.54 bits per heavy atom. The van der Waals surface area contributed by atoms with Gasteiger partial charge in [-0.25, -0.2) is 4.18 Å². The fraction of sp³-hybridized carbons (Fsp3) is 1.00. The largest absolute Gasteiger partial charge is 0.397 e. The maximum atomic E-state index is 12.7. The first-order chi connectivity index (χ1) is 22.2. The van der Waals surface area contributed by atoms with E-state index in [4.69, 9.17) is 13.7 Å². The molecule has 0 bridgehead atoms. The molecule has 0 radical (unpaired) electrons. The molecular weight excluding hydrogens is 648 g/mol. The highest BCUT2D eigenvalue weighted by molar-refractivity contribution is 7.80. The van der Waals surface area contributed by atoms with E-state index in [0.29, 0.717) is 44.9 Å². The van der Waals surface area contributed by atoms with E-state index < -0.39 is 87.7 Å². The van der Waals surface area contributed by atoms with Crippen LogP contribution < -0.4 is 0 Å². The van der Waals surface area contributed by atoms with E-state index in [1.165, 1.54) is 0 Å². The lowest BCUT2D eigenvalue weighted by Gasteiger charge is -2.66. The Labute approximate surface area is 284 Å². The van der Waals surface area contributed by atoms with Crippen LogP contribution in [0.4, 0.5) is 0 Å². The zero-order chi connectivity index (χ0) is 35.6. The molecule has 8 N–H and O–H groups in total. The lowest BCUT2D eigenvalue weighted by atomic mass is 9.42. The van der Waals surface area contributed by atoms with Crippen molar-refractivity contribution in [2.75, 3.05) is 13.2 Å². The SMILES string of the molecule is CC(C)C(CCO[C@H]1OC[C@H](O)[C@@H](O)[C@@H]1O)CC[C@@H](C)[C@H]1[C@@H](O)[C@H](OS(=O)(=O)O)C2[C@]3(O)C[C@@H](O)C4C[C@@H](O)CC[C@]4(C)C3CC[C@@]21C. The van der Waals surface area contributed by atoms with Crippen molar-refractivity contribution in [1.82, 2.24) is 0 Å². The smallest absolute Gasteiger partial charge is 0.393 e. The number of hydrogen-bond donors (Lipinski definition) is 8. The van der Waals surface area contributed by atoms with E-state index >= 15 is 0 Å². The molecular formula is C34H60O13S. The normalized spacial score (nSPS) is 49.2. The standard InChI is InChI=1S/C34H60O13S/c1-17(2)19(10-13-45-31-28(40)26(38)23(37)16-46-31)7-6-18(3)25-27(39)29(47-48(42,43)44)30-33(25,5)12-9-24-32(4)11-8-20(35)14-21(32)22(36)15-34(24,30)41/h17-31,35-41H,6-16H2,1-5H3,(H,42,43,44)/t18-,19?,20+,21?,22-,23+,24?,25+,26-,27-,28+,29+,30?,31+,32+,33-,34+/m1/s1. The van der Waals surface area contributed by atoms with Crippen LogP contribution in [0.5, 0.6) is 0 Å². The Balaban J connectivity index is 1.34. The monoisotopic (exact) mass is 708 g/mol. The Morgan fingerprint density at radius 3 is 2.19 bits per heavy atom. The molecule has 280 valence electrons. The van der Waals surface area contributed by atoms with Crippen molar-refractivity contribution in [1.29, 1.82) is 0 Å².